The molecular formula is C21H19FN4O2. The summed E-state index contributed by atoms with van der Waals surface area (Å²) < 4.78 is 14.0. The molecule has 0 atom stereocenters. The number of amides is 1. The fraction of sp³-hybridized carbons (Fsp3) is 0.190. The Morgan fingerprint density at radius 1 is 0.964 bits per heavy atom. The molecule has 2 aromatic carbocycles. The van der Waals surface area contributed by atoms with Gasteiger partial charge in [0.1, 0.15) is 11.5 Å². The zero-order chi connectivity index (χ0) is 19.5. The SMILES string of the molecule is O=C(c1cc(-c2ccccc2)nc(=O)[nH]1)N1CCN(c2ccccc2F)CC1. The van der Waals surface area contributed by atoms with Crippen molar-refractivity contribution in [2.75, 3.05) is 31.1 Å². The molecule has 0 bridgehead atoms. The minimum atomic E-state index is -0.560. The fourth-order valence-electron chi connectivity index (χ4n) is 3.36. The molecule has 0 radical (unpaired) electrons. The van der Waals surface area contributed by atoms with Crippen molar-refractivity contribution in [1.29, 1.82) is 0 Å². The fourth-order valence-corrected chi connectivity index (χ4v) is 3.36. The maximum Gasteiger partial charge on any atom is 0.346 e. The second-order valence-corrected chi connectivity index (χ2v) is 6.58. The van der Waals surface area contributed by atoms with E-state index in [0.29, 0.717) is 37.6 Å². The molecule has 4 rings (SSSR count). The van der Waals surface area contributed by atoms with E-state index in [0.717, 1.165) is 5.56 Å². The number of rotatable bonds is 3. The summed E-state index contributed by atoms with van der Waals surface area (Å²) in [6.07, 6.45) is 0. The number of anilines is 1. The van der Waals surface area contributed by atoms with Crippen LogP contribution in [0.4, 0.5) is 10.1 Å². The first-order valence-corrected chi connectivity index (χ1v) is 9.07. The second-order valence-electron chi connectivity index (χ2n) is 6.58. The van der Waals surface area contributed by atoms with Crippen LogP contribution in [-0.4, -0.2) is 47.0 Å². The van der Waals surface area contributed by atoms with Gasteiger partial charge in [-0.3, -0.25) is 4.79 Å². The van der Waals surface area contributed by atoms with Gasteiger partial charge in [-0.2, -0.15) is 4.98 Å². The number of hydrogen-bond donors (Lipinski definition) is 1. The van der Waals surface area contributed by atoms with Crippen molar-refractivity contribution >= 4 is 11.6 Å². The van der Waals surface area contributed by atoms with E-state index in [-0.39, 0.29) is 17.4 Å². The van der Waals surface area contributed by atoms with Crippen LogP contribution in [0.5, 0.6) is 0 Å². The number of halogens is 1. The van der Waals surface area contributed by atoms with Gasteiger partial charge in [-0.1, -0.05) is 42.5 Å². The number of nitrogens with zero attached hydrogens (tertiary/aromatic N) is 3. The average molecular weight is 378 g/mol. The molecule has 1 aliphatic heterocycles. The van der Waals surface area contributed by atoms with E-state index in [4.69, 9.17) is 0 Å². The number of nitrogens with one attached hydrogen (secondary N) is 1. The van der Waals surface area contributed by atoms with Crippen LogP contribution in [0.3, 0.4) is 0 Å². The van der Waals surface area contributed by atoms with Crippen molar-refractivity contribution in [3.63, 3.8) is 0 Å². The number of para-hydroxylation sites is 1. The lowest BCUT2D eigenvalue weighted by atomic mass is 10.1. The summed E-state index contributed by atoms with van der Waals surface area (Å²) >= 11 is 0. The number of benzene rings is 2. The molecule has 1 saturated heterocycles. The Morgan fingerprint density at radius 3 is 2.36 bits per heavy atom. The standard InChI is InChI=1S/C21H19FN4O2/c22-16-8-4-5-9-19(16)25-10-12-26(13-11-25)20(27)18-14-17(23-21(28)24-18)15-6-2-1-3-7-15/h1-9,14H,10-13H2,(H,23,24,28). The van der Waals surface area contributed by atoms with Crippen molar-refractivity contribution in [3.05, 3.63) is 82.7 Å². The van der Waals surface area contributed by atoms with Crippen LogP contribution in [-0.2, 0) is 0 Å². The molecule has 1 aliphatic rings. The van der Waals surface area contributed by atoms with Gasteiger partial charge >= 0.3 is 5.69 Å². The topological polar surface area (TPSA) is 69.3 Å². The summed E-state index contributed by atoms with van der Waals surface area (Å²) in [6, 6.07) is 17.5. The first-order chi connectivity index (χ1) is 13.6. The van der Waals surface area contributed by atoms with Gasteiger partial charge in [0.25, 0.3) is 5.91 Å². The first-order valence-electron chi connectivity index (χ1n) is 9.07. The number of piperazine rings is 1. The number of aromatic amines is 1. The van der Waals surface area contributed by atoms with E-state index < -0.39 is 5.69 Å². The van der Waals surface area contributed by atoms with Crippen molar-refractivity contribution in [2.45, 2.75) is 0 Å². The maximum atomic E-state index is 14.0. The molecule has 3 aromatic rings. The highest BCUT2D eigenvalue weighted by atomic mass is 19.1. The highest BCUT2D eigenvalue weighted by Gasteiger charge is 2.24. The quantitative estimate of drug-likeness (QED) is 0.761. The third kappa shape index (κ3) is 3.64. The van der Waals surface area contributed by atoms with Crippen LogP contribution in [0.15, 0.2) is 65.5 Å². The van der Waals surface area contributed by atoms with E-state index in [1.54, 1.807) is 29.2 Å². The largest absolute Gasteiger partial charge is 0.366 e. The number of carbonyl (C=O) groups excluding carboxylic acids is 1. The normalized spacial score (nSPS) is 14.2. The summed E-state index contributed by atoms with van der Waals surface area (Å²) in [5.74, 6) is -0.530. The Hall–Kier alpha value is -3.48. The van der Waals surface area contributed by atoms with Crippen LogP contribution in [0.2, 0.25) is 0 Å². The molecule has 2 heterocycles. The number of H-pyrrole nitrogens is 1. The van der Waals surface area contributed by atoms with Gasteiger partial charge in [0.05, 0.1) is 11.4 Å². The highest BCUT2D eigenvalue weighted by molar-refractivity contribution is 5.93. The van der Waals surface area contributed by atoms with Crippen molar-refractivity contribution in [3.8, 4) is 11.3 Å². The molecule has 1 N–H and O–H groups in total. The first kappa shape index (κ1) is 17.9. The van der Waals surface area contributed by atoms with Crippen molar-refractivity contribution < 1.29 is 9.18 Å². The van der Waals surface area contributed by atoms with Gasteiger partial charge in [0.15, 0.2) is 0 Å². The second kappa shape index (κ2) is 7.64. The summed E-state index contributed by atoms with van der Waals surface area (Å²) in [5, 5.41) is 0. The van der Waals surface area contributed by atoms with Gasteiger partial charge in [-0.15, -0.1) is 0 Å². The van der Waals surface area contributed by atoms with Crippen LogP contribution >= 0.6 is 0 Å². The predicted molar refractivity (Wildman–Crippen MR) is 105 cm³/mol. The van der Waals surface area contributed by atoms with Gasteiger partial charge < -0.3 is 14.8 Å². The minimum Gasteiger partial charge on any atom is -0.366 e. The van der Waals surface area contributed by atoms with E-state index in [1.807, 2.05) is 35.2 Å². The summed E-state index contributed by atoms with van der Waals surface area (Å²) in [4.78, 5) is 34.9. The molecule has 1 fully saturated rings. The number of hydrogen-bond acceptors (Lipinski definition) is 4. The maximum absolute atomic E-state index is 14.0. The molecule has 142 valence electrons. The molecule has 0 saturated carbocycles. The van der Waals surface area contributed by atoms with Gasteiger partial charge in [0.2, 0.25) is 0 Å². The third-order valence-electron chi connectivity index (χ3n) is 4.80. The van der Waals surface area contributed by atoms with E-state index in [1.165, 1.54) is 6.07 Å². The lowest BCUT2D eigenvalue weighted by Gasteiger charge is -2.36. The summed E-state index contributed by atoms with van der Waals surface area (Å²) in [5.41, 5.74) is 1.41. The van der Waals surface area contributed by atoms with Crippen LogP contribution in [0.25, 0.3) is 11.3 Å². The predicted octanol–water partition coefficient (Wildman–Crippen LogP) is 2.54. The lowest BCUT2D eigenvalue weighted by Crippen LogP contribution is -2.49. The third-order valence-corrected chi connectivity index (χ3v) is 4.80. The number of aromatic nitrogens is 2. The Balaban J connectivity index is 1.51. The van der Waals surface area contributed by atoms with E-state index in [2.05, 4.69) is 9.97 Å². The Kier molecular flexibility index (Phi) is 4.89. The van der Waals surface area contributed by atoms with Gasteiger partial charge in [-0.25, -0.2) is 9.18 Å². The molecule has 6 nitrogen and oxygen atoms in total. The van der Waals surface area contributed by atoms with Gasteiger partial charge in [0, 0.05) is 31.7 Å². The molecule has 28 heavy (non-hydrogen) atoms. The monoisotopic (exact) mass is 378 g/mol. The molecule has 0 spiro atoms. The Morgan fingerprint density at radius 2 is 1.64 bits per heavy atom. The zero-order valence-corrected chi connectivity index (χ0v) is 15.1. The van der Waals surface area contributed by atoms with Crippen molar-refractivity contribution in [1.82, 2.24) is 14.9 Å². The molecule has 7 heteroatoms. The minimum absolute atomic E-state index is 0.207. The molecule has 1 aromatic heterocycles. The molecule has 0 aliphatic carbocycles. The van der Waals surface area contributed by atoms with E-state index in [9.17, 15) is 14.0 Å². The molecule has 1 amide bonds. The zero-order valence-electron chi connectivity index (χ0n) is 15.1. The van der Waals surface area contributed by atoms with Crippen molar-refractivity contribution in [2.24, 2.45) is 0 Å². The average Bonchev–Trinajstić information content (AvgIpc) is 2.74. The lowest BCUT2D eigenvalue weighted by molar-refractivity contribution is 0.0740. The van der Waals surface area contributed by atoms with Crippen LogP contribution in [0.1, 0.15) is 10.5 Å². The molecular weight excluding hydrogens is 359 g/mol. The van der Waals surface area contributed by atoms with Gasteiger partial charge in [-0.05, 0) is 18.2 Å². The van der Waals surface area contributed by atoms with E-state index >= 15 is 0 Å². The Labute approximate surface area is 161 Å². The smallest absolute Gasteiger partial charge is 0.346 e. The highest BCUT2D eigenvalue weighted by Crippen LogP contribution is 2.21. The number of carbonyl (C=O) groups is 1. The van der Waals surface area contributed by atoms with Crippen LogP contribution in [0, 0.1) is 5.82 Å². The summed E-state index contributed by atoms with van der Waals surface area (Å²) in [6.45, 7) is 1.93. The molecule has 0 unspecified atom stereocenters. The van der Waals surface area contributed by atoms with Crippen LogP contribution < -0.4 is 10.6 Å². The Bertz CT molecular complexity index is 1040. The summed E-state index contributed by atoms with van der Waals surface area (Å²) in [7, 11) is 0.